The fourth-order valence-electron chi connectivity index (χ4n) is 2.10. The second kappa shape index (κ2) is 7.83. The first kappa shape index (κ1) is 18.5. The molecular formula is C20H23NO4. The average molecular weight is 341 g/mol. The van der Waals surface area contributed by atoms with Gasteiger partial charge in [0.05, 0.1) is 6.26 Å². The van der Waals surface area contributed by atoms with Crippen molar-refractivity contribution in [2.45, 2.75) is 39.2 Å². The van der Waals surface area contributed by atoms with Crippen molar-refractivity contribution in [3.8, 4) is 0 Å². The zero-order valence-corrected chi connectivity index (χ0v) is 14.9. The summed E-state index contributed by atoms with van der Waals surface area (Å²) in [5.74, 6) is -0.460. The highest BCUT2D eigenvalue weighted by molar-refractivity contribution is 5.96. The lowest BCUT2D eigenvalue weighted by Crippen LogP contribution is -2.29. The fraction of sp³-hybridized carbons (Fsp3) is 0.300. The molecule has 0 aliphatic heterocycles. The first-order valence-electron chi connectivity index (χ1n) is 8.09. The van der Waals surface area contributed by atoms with Gasteiger partial charge in [0.15, 0.2) is 6.10 Å². The first-order valence-corrected chi connectivity index (χ1v) is 8.09. The quantitative estimate of drug-likeness (QED) is 0.655. The highest BCUT2D eigenvalue weighted by Crippen LogP contribution is 2.23. The molecule has 0 saturated carbocycles. The first-order chi connectivity index (χ1) is 11.8. The molecule has 1 aromatic carbocycles. The van der Waals surface area contributed by atoms with Crippen LogP contribution in [0.2, 0.25) is 0 Å². The number of hydrogen-bond donors (Lipinski definition) is 1. The molecule has 0 spiro atoms. The number of hydrogen-bond acceptors (Lipinski definition) is 4. The maximum Gasteiger partial charge on any atom is 0.331 e. The number of benzene rings is 1. The summed E-state index contributed by atoms with van der Waals surface area (Å²) in [5.41, 5.74) is 1.88. The van der Waals surface area contributed by atoms with E-state index in [1.807, 2.05) is 24.3 Å². The van der Waals surface area contributed by atoms with Crippen LogP contribution in [0.3, 0.4) is 0 Å². The van der Waals surface area contributed by atoms with E-state index in [-0.39, 0.29) is 11.3 Å². The van der Waals surface area contributed by atoms with Crippen molar-refractivity contribution < 1.29 is 18.7 Å². The molecule has 1 atom stereocenters. The van der Waals surface area contributed by atoms with Crippen molar-refractivity contribution in [3.05, 3.63) is 60.1 Å². The van der Waals surface area contributed by atoms with E-state index in [4.69, 9.17) is 9.15 Å². The average Bonchev–Trinajstić information content (AvgIpc) is 3.06. The van der Waals surface area contributed by atoms with Crippen molar-refractivity contribution in [1.82, 2.24) is 0 Å². The molecule has 1 amide bonds. The van der Waals surface area contributed by atoms with Crippen molar-refractivity contribution in [2.75, 3.05) is 5.32 Å². The predicted molar refractivity (Wildman–Crippen MR) is 97.1 cm³/mol. The third-order valence-electron chi connectivity index (χ3n) is 3.61. The molecule has 0 aliphatic rings. The van der Waals surface area contributed by atoms with Gasteiger partial charge in [-0.25, -0.2) is 4.79 Å². The Hall–Kier alpha value is -2.82. The lowest BCUT2D eigenvalue weighted by Gasteiger charge is -2.19. The molecule has 25 heavy (non-hydrogen) atoms. The Kier molecular flexibility index (Phi) is 5.80. The van der Waals surface area contributed by atoms with Crippen LogP contribution in [0.25, 0.3) is 6.08 Å². The van der Waals surface area contributed by atoms with Gasteiger partial charge in [-0.1, -0.05) is 32.9 Å². The van der Waals surface area contributed by atoms with Crippen molar-refractivity contribution >= 4 is 23.6 Å². The summed E-state index contributed by atoms with van der Waals surface area (Å²) < 4.78 is 10.2. The third-order valence-corrected chi connectivity index (χ3v) is 3.61. The molecule has 2 rings (SSSR count). The topological polar surface area (TPSA) is 68.5 Å². The van der Waals surface area contributed by atoms with Gasteiger partial charge >= 0.3 is 5.97 Å². The summed E-state index contributed by atoms with van der Waals surface area (Å²) >= 11 is 0. The molecule has 5 nitrogen and oxygen atoms in total. The van der Waals surface area contributed by atoms with E-state index >= 15 is 0 Å². The lowest BCUT2D eigenvalue weighted by molar-refractivity contribution is -0.148. The Morgan fingerprint density at radius 1 is 1.16 bits per heavy atom. The molecule has 132 valence electrons. The number of nitrogens with one attached hydrogen (secondary N) is 1. The molecule has 1 aromatic heterocycles. The fourth-order valence-corrected chi connectivity index (χ4v) is 2.10. The molecule has 0 radical (unpaired) electrons. The number of anilines is 1. The lowest BCUT2D eigenvalue weighted by atomic mass is 9.87. The van der Waals surface area contributed by atoms with Gasteiger partial charge in [-0.3, -0.25) is 4.79 Å². The van der Waals surface area contributed by atoms with Gasteiger partial charge in [-0.15, -0.1) is 0 Å². The number of carbonyl (C=O) groups excluding carboxylic acids is 2. The smallest absolute Gasteiger partial charge is 0.331 e. The Balaban J connectivity index is 1.88. The van der Waals surface area contributed by atoms with Crippen LogP contribution >= 0.6 is 0 Å². The Bertz CT molecular complexity index is 737. The predicted octanol–water partition coefficient (Wildman–Crippen LogP) is 4.16. The van der Waals surface area contributed by atoms with E-state index in [0.29, 0.717) is 11.4 Å². The highest BCUT2D eigenvalue weighted by atomic mass is 16.5. The minimum atomic E-state index is -0.906. The second-order valence-corrected chi connectivity index (χ2v) is 6.74. The van der Waals surface area contributed by atoms with Gasteiger partial charge in [0.2, 0.25) is 0 Å². The van der Waals surface area contributed by atoms with Crippen LogP contribution < -0.4 is 5.32 Å². The third kappa shape index (κ3) is 5.64. The van der Waals surface area contributed by atoms with Crippen molar-refractivity contribution in [1.29, 1.82) is 0 Å². The van der Waals surface area contributed by atoms with Crippen LogP contribution in [0.4, 0.5) is 5.69 Å². The molecule has 0 aliphatic carbocycles. The number of amides is 1. The molecular weight excluding hydrogens is 318 g/mol. The zero-order valence-electron chi connectivity index (χ0n) is 14.9. The maximum atomic E-state index is 12.1. The van der Waals surface area contributed by atoms with Crippen molar-refractivity contribution in [3.63, 3.8) is 0 Å². The summed E-state index contributed by atoms with van der Waals surface area (Å²) in [5, 5.41) is 2.74. The summed E-state index contributed by atoms with van der Waals surface area (Å²) in [6.45, 7) is 7.90. The zero-order chi connectivity index (χ0) is 18.4. The Morgan fingerprint density at radius 3 is 2.40 bits per heavy atom. The summed E-state index contributed by atoms with van der Waals surface area (Å²) in [6.07, 6.45) is 3.31. The van der Waals surface area contributed by atoms with E-state index < -0.39 is 12.1 Å². The largest absolute Gasteiger partial charge is 0.465 e. The number of carbonyl (C=O) groups is 2. The van der Waals surface area contributed by atoms with Gasteiger partial charge in [-0.05, 0) is 48.2 Å². The van der Waals surface area contributed by atoms with E-state index in [2.05, 4.69) is 26.1 Å². The van der Waals surface area contributed by atoms with E-state index in [1.165, 1.54) is 30.9 Å². The molecule has 1 N–H and O–H groups in total. The summed E-state index contributed by atoms with van der Waals surface area (Å²) in [6, 6.07) is 11.0. The van der Waals surface area contributed by atoms with Gasteiger partial charge < -0.3 is 14.5 Å². The Labute approximate surface area is 147 Å². The van der Waals surface area contributed by atoms with Crippen LogP contribution in [-0.2, 0) is 19.7 Å². The minimum absolute atomic E-state index is 0.0473. The van der Waals surface area contributed by atoms with Crippen LogP contribution in [0.15, 0.2) is 53.2 Å². The van der Waals surface area contributed by atoms with E-state index in [0.717, 1.165) is 0 Å². The minimum Gasteiger partial charge on any atom is -0.465 e. The maximum absolute atomic E-state index is 12.1. The van der Waals surface area contributed by atoms with Crippen LogP contribution in [0, 0.1) is 0 Å². The SMILES string of the molecule is CC(OC(=O)/C=C/c1ccco1)C(=O)Nc1ccc(C(C)(C)C)cc1. The second-order valence-electron chi connectivity index (χ2n) is 6.74. The number of ether oxygens (including phenoxy) is 1. The molecule has 1 unspecified atom stereocenters. The number of rotatable bonds is 5. The van der Waals surface area contributed by atoms with Gasteiger partial charge in [0.25, 0.3) is 5.91 Å². The summed E-state index contributed by atoms with van der Waals surface area (Å²) in [4.78, 5) is 23.9. The van der Waals surface area contributed by atoms with Crippen molar-refractivity contribution in [2.24, 2.45) is 0 Å². The molecule has 5 heteroatoms. The summed E-state index contributed by atoms with van der Waals surface area (Å²) in [7, 11) is 0. The van der Waals surface area contributed by atoms with Crippen LogP contribution in [0.5, 0.6) is 0 Å². The van der Waals surface area contributed by atoms with Gasteiger partial charge in [0.1, 0.15) is 5.76 Å². The van der Waals surface area contributed by atoms with Gasteiger partial charge in [-0.2, -0.15) is 0 Å². The highest BCUT2D eigenvalue weighted by Gasteiger charge is 2.17. The molecule has 1 heterocycles. The molecule has 0 saturated heterocycles. The van der Waals surface area contributed by atoms with E-state index in [9.17, 15) is 9.59 Å². The standard InChI is InChI=1S/C20H23NO4/c1-14(25-18(22)12-11-17-6-5-13-24-17)19(23)21-16-9-7-15(8-10-16)20(2,3)4/h5-14H,1-4H3,(H,21,23)/b12-11+. The normalized spacial score (nSPS) is 12.8. The molecule has 2 aromatic rings. The number of esters is 1. The monoisotopic (exact) mass is 341 g/mol. The number of furan rings is 1. The molecule has 0 fully saturated rings. The Morgan fingerprint density at radius 2 is 1.84 bits per heavy atom. The molecule has 0 bridgehead atoms. The van der Waals surface area contributed by atoms with Crippen LogP contribution in [0.1, 0.15) is 39.0 Å². The van der Waals surface area contributed by atoms with Gasteiger partial charge in [0, 0.05) is 11.8 Å². The van der Waals surface area contributed by atoms with Crippen LogP contribution in [-0.4, -0.2) is 18.0 Å². The van der Waals surface area contributed by atoms with E-state index in [1.54, 1.807) is 12.1 Å².